The third-order valence-electron chi connectivity index (χ3n) is 8.16. The lowest BCUT2D eigenvalue weighted by Gasteiger charge is -2.48. The second-order valence-electron chi connectivity index (χ2n) is 10.7. The zero-order valence-electron chi connectivity index (χ0n) is 23.7. The minimum absolute atomic E-state index is 0.00415. The first-order valence-electron chi connectivity index (χ1n) is 14.5. The van der Waals surface area contributed by atoms with Crippen LogP contribution in [0.3, 0.4) is 0 Å². The van der Waals surface area contributed by atoms with Crippen LogP contribution in [0.5, 0.6) is 0 Å². The fourth-order valence-corrected chi connectivity index (χ4v) is 6.13. The molecule has 5 rings (SSSR count). The van der Waals surface area contributed by atoms with E-state index in [-0.39, 0.29) is 25.0 Å². The van der Waals surface area contributed by atoms with Gasteiger partial charge in [-0.2, -0.15) is 0 Å². The number of aliphatic hydroxyl groups excluding tert-OH is 1. The molecule has 3 aromatic carbocycles. The Morgan fingerprint density at radius 1 is 0.878 bits per heavy atom. The van der Waals surface area contributed by atoms with E-state index in [0.717, 1.165) is 12.1 Å². The van der Waals surface area contributed by atoms with Crippen LogP contribution in [0.4, 0.5) is 0 Å². The first kappa shape index (κ1) is 28.7. The summed E-state index contributed by atoms with van der Waals surface area (Å²) in [4.78, 5) is 30.7. The number of carbonyl (C=O) groups excluding carboxylic acids is 2. The van der Waals surface area contributed by atoms with Gasteiger partial charge in [0, 0.05) is 32.7 Å². The van der Waals surface area contributed by atoms with Crippen molar-refractivity contribution in [3.8, 4) is 0 Å². The molecule has 1 N–H and O–H groups in total. The molecule has 7 nitrogen and oxygen atoms in total. The van der Waals surface area contributed by atoms with Gasteiger partial charge in [0.1, 0.15) is 6.54 Å². The fourth-order valence-electron chi connectivity index (χ4n) is 6.13. The van der Waals surface area contributed by atoms with Gasteiger partial charge in [-0.3, -0.25) is 19.4 Å². The molecular formula is C34H39N3O4. The maximum absolute atomic E-state index is 12.7. The van der Waals surface area contributed by atoms with E-state index in [9.17, 15) is 14.7 Å². The van der Waals surface area contributed by atoms with Gasteiger partial charge in [0.2, 0.25) is 5.91 Å². The van der Waals surface area contributed by atoms with Gasteiger partial charge in [0.25, 0.3) is 0 Å². The molecule has 2 aliphatic heterocycles. The van der Waals surface area contributed by atoms with E-state index in [1.54, 1.807) is 11.8 Å². The third kappa shape index (κ3) is 6.27. The quantitative estimate of drug-likeness (QED) is 0.248. The molecule has 0 bridgehead atoms. The summed E-state index contributed by atoms with van der Waals surface area (Å²) in [5.41, 5.74) is 3.95. The summed E-state index contributed by atoms with van der Waals surface area (Å²) < 4.78 is 5.00. The van der Waals surface area contributed by atoms with Gasteiger partial charge in [-0.25, -0.2) is 0 Å². The van der Waals surface area contributed by atoms with Crippen molar-refractivity contribution in [3.63, 3.8) is 0 Å². The maximum Gasteiger partial charge on any atom is 0.325 e. The second kappa shape index (κ2) is 13.3. The molecule has 3 aromatic rings. The van der Waals surface area contributed by atoms with Crippen molar-refractivity contribution in [2.24, 2.45) is 0 Å². The largest absolute Gasteiger partial charge is 0.465 e. The van der Waals surface area contributed by atoms with E-state index in [1.165, 1.54) is 16.7 Å². The molecule has 2 saturated heterocycles. The highest BCUT2D eigenvalue weighted by atomic mass is 16.5. The van der Waals surface area contributed by atoms with E-state index < -0.39 is 11.6 Å². The molecule has 1 atom stereocenters. The standard InChI is InChI=1S/C34H39N3O4/c1-2-41-33(40)26-36-23-22-35(25-32(36)39)20-18-27-24-37(21-19-31(27)38)34(28-12-6-3-7-13-28,29-14-8-4-9-15-29)30-16-10-5-11-17-30/h3-18,31,38H,2,19-26H2,1H3. The lowest BCUT2D eigenvalue weighted by Crippen LogP contribution is -2.53. The molecule has 0 aromatic heterocycles. The van der Waals surface area contributed by atoms with Crippen molar-refractivity contribution >= 4 is 11.9 Å². The van der Waals surface area contributed by atoms with E-state index in [4.69, 9.17) is 4.74 Å². The number of carbonyl (C=O) groups is 2. The Kier molecular flexibility index (Phi) is 9.29. The van der Waals surface area contributed by atoms with Crippen LogP contribution >= 0.6 is 0 Å². The Hall–Kier alpha value is -3.78. The first-order valence-corrected chi connectivity index (χ1v) is 14.5. The number of hydrogen-bond donors (Lipinski definition) is 1. The van der Waals surface area contributed by atoms with Crippen LogP contribution in [0, 0.1) is 0 Å². The average molecular weight is 554 g/mol. The van der Waals surface area contributed by atoms with Gasteiger partial charge in [-0.05, 0) is 35.6 Å². The molecule has 41 heavy (non-hydrogen) atoms. The number of benzene rings is 3. The van der Waals surface area contributed by atoms with Crippen molar-refractivity contribution in [1.82, 2.24) is 14.7 Å². The van der Waals surface area contributed by atoms with Gasteiger partial charge < -0.3 is 14.7 Å². The highest BCUT2D eigenvalue weighted by Crippen LogP contribution is 2.44. The minimum atomic E-state index is -0.544. The minimum Gasteiger partial charge on any atom is -0.465 e. The molecule has 0 radical (unpaired) electrons. The van der Waals surface area contributed by atoms with Gasteiger partial charge >= 0.3 is 5.97 Å². The molecule has 214 valence electrons. The number of likely N-dealkylation sites (tertiary alicyclic amines) is 1. The molecule has 0 aliphatic carbocycles. The lowest BCUT2D eigenvalue weighted by atomic mass is 9.74. The molecule has 1 amide bonds. The Balaban J connectivity index is 1.41. The number of esters is 1. The van der Waals surface area contributed by atoms with Crippen LogP contribution in [0.2, 0.25) is 0 Å². The van der Waals surface area contributed by atoms with Crippen LogP contribution in [-0.2, 0) is 19.9 Å². The number of nitrogens with zero attached hydrogens (tertiary/aromatic N) is 3. The van der Waals surface area contributed by atoms with Crippen molar-refractivity contribution in [2.45, 2.75) is 25.0 Å². The van der Waals surface area contributed by atoms with Crippen LogP contribution in [0.15, 0.2) is 103 Å². The third-order valence-corrected chi connectivity index (χ3v) is 8.16. The summed E-state index contributed by atoms with van der Waals surface area (Å²) in [5, 5.41) is 11.1. The van der Waals surface area contributed by atoms with E-state index in [1.807, 2.05) is 18.2 Å². The van der Waals surface area contributed by atoms with Gasteiger partial charge in [0.15, 0.2) is 0 Å². The predicted octanol–water partition coefficient (Wildman–Crippen LogP) is 3.68. The van der Waals surface area contributed by atoms with Crippen LogP contribution in [0.25, 0.3) is 0 Å². The van der Waals surface area contributed by atoms with Crippen molar-refractivity contribution < 1.29 is 19.4 Å². The number of aliphatic hydroxyl groups is 1. The summed E-state index contributed by atoms with van der Waals surface area (Å²) in [5.74, 6) is -0.453. The average Bonchev–Trinajstić information content (AvgIpc) is 3.01. The number of piperidine rings is 1. The Morgan fingerprint density at radius 3 is 1.95 bits per heavy atom. The van der Waals surface area contributed by atoms with Gasteiger partial charge in [-0.15, -0.1) is 0 Å². The molecule has 2 fully saturated rings. The molecule has 2 heterocycles. The maximum atomic E-state index is 12.7. The summed E-state index contributed by atoms with van der Waals surface area (Å²) in [7, 11) is 0. The number of amides is 1. The molecule has 0 spiro atoms. The lowest BCUT2D eigenvalue weighted by molar-refractivity contribution is -0.150. The number of hydrogen-bond acceptors (Lipinski definition) is 6. The second-order valence-corrected chi connectivity index (χ2v) is 10.7. The van der Waals surface area contributed by atoms with Crippen molar-refractivity contribution in [2.75, 3.05) is 52.4 Å². The molecular weight excluding hydrogens is 514 g/mol. The smallest absolute Gasteiger partial charge is 0.325 e. The van der Waals surface area contributed by atoms with Crippen molar-refractivity contribution in [1.29, 1.82) is 0 Å². The highest BCUT2D eigenvalue weighted by molar-refractivity contribution is 5.84. The number of rotatable bonds is 9. The summed E-state index contributed by atoms with van der Waals surface area (Å²) in [6.07, 6.45) is 2.18. The van der Waals surface area contributed by atoms with E-state index in [2.05, 4.69) is 88.7 Å². The molecule has 1 unspecified atom stereocenters. The Morgan fingerprint density at radius 2 is 1.44 bits per heavy atom. The van der Waals surface area contributed by atoms with Crippen LogP contribution in [0.1, 0.15) is 30.0 Å². The van der Waals surface area contributed by atoms with Crippen molar-refractivity contribution in [3.05, 3.63) is 119 Å². The zero-order chi connectivity index (χ0) is 28.7. The van der Waals surface area contributed by atoms with Crippen LogP contribution in [-0.4, -0.2) is 90.2 Å². The monoisotopic (exact) mass is 553 g/mol. The van der Waals surface area contributed by atoms with Gasteiger partial charge in [-0.1, -0.05) is 97.1 Å². The Bertz CT molecular complexity index is 1230. The Labute approximate surface area is 242 Å². The number of piperazine rings is 1. The van der Waals surface area contributed by atoms with Gasteiger partial charge in [0.05, 0.1) is 24.8 Å². The summed E-state index contributed by atoms with van der Waals surface area (Å²) in [6, 6.07) is 31.8. The molecule has 7 heteroatoms. The number of ether oxygens (including phenoxy) is 1. The normalized spacial score (nSPS) is 19.9. The summed E-state index contributed by atoms with van der Waals surface area (Å²) >= 11 is 0. The highest BCUT2D eigenvalue weighted by Gasteiger charge is 2.44. The predicted molar refractivity (Wildman–Crippen MR) is 159 cm³/mol. The van der Waals surface area contributed by atoms with E-state index >= 15 is 0 Å². The first-order chi connectivity index (χ1) is 20.0. The molecule has 0 saturated carbocycles. The summed E-state index contributed by atoms with van der Waals surface area (Å²) in [6.45, 7) is 5.33. The van der Waals surface area contributed by atoms with Crippen LogP contribution < -0.4 is 0 Å². The molecule has 2 aliphatic rings. The SMILES string of the molecule is CCOC(=O)CN1CCN(CC=C2CN(C(c3ccccc3)(c3ccccc3)c3ccccc3)CCC2O)CC1=O. The topological polar surface area (TPSA) is 73.3 Å². The fraction of sp³-hybridized carbons (Fsp3) is 0.353. The zero-order valence-corrected chi connectivity index (χ0v) is 23.7. The van der Waals surface area contributed by atoms with E-state index in [0.29, 0.717) is 39.2 Å².